The zero-order chi connectivity index (χ0) is 17.4. The number of nitrogen functional groups attached to an aromatic ring is 1. The lowest BCUT2D eigenvalue weighted by atomic mass is 9.93. The van der Waals surface area contributed by atoms with Gasteiger partial charge in [-0.1, -0.05) is 12.1 Å². The van der Waals surface area contributed by atoms with E-state index in [1.165, 1.54) is 18.3 Å². The molecule has 0 aliphatic rings. The lowest BCUT2D eigenvalue weighted by Gasteiger charge is -2.13. The van der Waals surface area contributed by atoms with Crippen molar-refractivity contribution in [3.63, 3.8) is 0 Å². The van der Waals surface area contributed by atoms with Crippen LogP contribution in [-0.4, -0.2) is 17.9 Å². The Morgan fingerprint density at radius 3 is 2.54 bits per heavy atom. The third-order valence-corrected chi connectivity index (χ3v) is 4.89. The molecular formula is C18H15N3O2S. The first-order valence-corrected chi connectivity index (χ1v) is 8.07. The Hall–Kier alpha value is -2.91. The predicted molar refractivity (Wildman–Crippen MR) is 95.5 cm³/mol. The van der Waals surface area contributed by atoms with E-state index in [-0.39, 0.29) is 5.78 Å². The number of nitrogens with two attached hydrogens (primary N) is 1. The van der Waals surface area contributed by atoms with Crippen LogP contribution in [0.2, 0.25) is 0 Å². The van der Waals surface area contributed by atoms with Crippen LogP contribution in [0.4, 0.5) is 5.69 Å². The fourth-order valence-corrected chi connectivity index (χ4v) is 3.77. The predicted octanol–water partition coefficient (Wildman–Crippen LogP) is 3.94. The molecule has 0 aliphatic heterocycles. The number of methoxy groups -OCH3 is 1. The number of carbonyl (C=O) groups is 1. The van der Waals surface area contributed by atoms with Crippen LogP contribution in [0.3, 0.4) is 0 Å². The van der Waals surface area contributed by atoms with Crippen LogP contribution >= 0.6 is 11.3 Å². The van der Waals surface area contributed by atoms with Crippen LogP contribution in [0.1, 0.15) is 27.9 Å². The van der Waals surface area contributed by atoms with Crippen LogP contribution in [0.25, 0.3) is 21.3 Å². The van der Waals surface area contributed by atoms with E-state index in [9.17, 15) is 10.1 Å². The molecule has 0 amide bonds. The summed E-state index contributed by atoms with van der Waals surface area (Å²) in [6, 6.07) is 9.51. The van der Waals surface area contributed by atoms with Crippen molar-refractivity contribution in [3.8, 4) is 22.9 Å². The highest BCUT2D eigenvalue weighted by molar-refractivity contribution is 7.20. The van der Waals surface area contributed by atoms with Crippen molar-refractivity contribution in [2.75, 3.05) is 12.8 Å². The lowest BCUT2D eigenvalue weighted by molar-refractivity contribution is 0.101. The number of aromatic nitrogens is 1. The first-order chi connectivity index (χ1) is 11.5. The molecule has 120 valence electrons. The SMILES string of the molecule is COc1ccc(-c2c(C(C)=O)c(C)nc3sc(C#N)c(N)c23)cc1. The highest BCUT2D eigenvalue weighted by Crippen LogP contribution is 2.42. The second-order valence-corrected chi connectivity index (χ2v) is 6.37. The highest BCUT2D eigenvalue weighted by atomic mass is 32.1. The summed E-state index contributed by atoms with van der Waals surface area (Å²) in [5.74, 6) is 0.637. The lowest BCUT2D eigenvalue weighted by Crippen LogP contribution is -2.03. The maximum absolute atomic E-state index is 12.2. The molecule has 6 heteroatoms. The summed E-state index contributed by atoms with van der Waals surface area (Å²) in [5.41, 5.74) is 9.27. The van der Waals surface area contributed by atoms with E-state index in [2.05, 4.69) is 11.1 Å². The van der Waals surface area contributed by atoms with E-state index in [4.69, 9.17) is 10.5 Å². The van der Waals surface area contributed by atoms with Crippen molar-refractivity contribution in [1.29, 1.82) is 5.26 Å². The third-order valence-electron chi connectivity index (χ3n) is 3.89. The second kappa shape index (κ2) is 5.95. The second-order valence-electron chi connectivity index (χ2n) is 5.37. The van der Waals surface area contributed by atoms with E-state index in [1.54, 1.807) is 14.0 Å². The van der Waals surface area contributed by atoms with Gasteiger partial charge in [0, 0.05) is 16.5 Å². The third kappa shape index (κ3) is 2.39. The van der Waals surface area contributed by atoms with Crippen LogP contribution < -0.4 is 10.5 Å². The summed E-state index contributed by atoms with van der Waals surface area (Å²) in [6.45, 7) is 3.31. The van der Waals surface area contributed by atoms with Gasteiger partial charge < -0.3 is 10.5 Å². The summed E-state index contributed by atoms with van der Waals surface area (Å²) < 4.78 is 5.19. The number of Topliss-reactive ketones (excluding diaryl/α,β-unsaturated/α-hetero) is 1. The number of rotatable bonds is 3. The van der Waals surface area contributed by atoms with Crippen molar-refractivity contribution in [1.82, 2.24) is 4.98 Å². The number of pyridine rings is 1. The number of nitrogens with zero attached hydrogens (tertiary/aromatic N) is 2. The minimum Gasteiger partial charge on any atom is -0.497 e. The maximum atomic E-state index is 12.2. The van der Waals surface area contributed by atoms with Gasteiger partial charge in [-0.25, -0.2) is 4.98 Å². The number of fused-ring (bicyclic) bond motifs is 1. The molecule has 0 atom stereocenters. The molecule has 2 aromatic heterocycles. The molecule has 2 N–H and O–H groups in total. The number of ketones is 1. The minimum atomic E-state index is -0.0863. The molecule has 0 aliphatic carbocycles. The maximum Gasteiger partial charge on any atom is 0.162 e. The number of carbonyl (C=O) groups excluding carboxylic acids is 1. The molecule has 0 fully saturated rings. The Morgan fingerprint density at radius 2 is 2.00 bits per heavy atom. The summed E-state index contributed by atoms with van der Waals surface area (Å²) in [5, 5.41) is 9.93. The Balaban J connectivity index is 2.45. The summed E-state index contributed by atoms with van der Waals surface area (Å²) >= 11 is 1.24. The molecule has 0 bridgehead atoms. The number of ether oxygens (including phenoxy) is 1. The fourth-order valence-electron chi connectivity index (χ4n) is 2.83. The van der Waals surface area contributed by atoms with Crippen LogP contribution in [0, 0.1) is 18.3 Å². The monoisotopic (exact) mass is 337 g/mol. The zero-order valence-corrected chi connectivity index (χ0v) is 14.3. The largest absolute Gasteiger partial charge is 0.497 e. The first-order valence-electron chi connectivity index (χ1n) is 7.26. The van der Waals surface area contributed by atoms with Crippen LogP contribution in [-0.2, 0) is 0 Å². The van der Waals surface area contributed by atoms with Gasteiger partial charge in [0.05, 0.1) is 18.5 Å². The normalized spacial score (nSPS) is 10.6. The van der Waals surface area contributed by atoms with Crippen molar-refractivity contribution in [2.24, 2.45) is 0 Å². The van der Waals surface area contributed by atoms with E-state index >= 15 is 0 Å². The summed E-state index contributed by atoms with van der Waals surface area (Å²) in [6.07, 6.45) is 0. The number of aryl methyl sites for hydroxylation is 1. The number of nitriles is 1. The molecule has 24 heavy (non-hydrogen) atoms. The fraction of sp³-hybridized carbons (Fsp3) is 0.167. The Bertz CT molecular complexity index is 998. The standard InChI is InChI=1S/C18H15N3O2S/c1-9-14(10(2)22)15(11-4-6-12(23-3)7-5-11)16-17(20)13(8-19)24-18(16)21-9/h4-7H,20H2,1-3H3. The molecular weight excluding hydrogens is 322 g/mol. The Kier molecular flexibility index (Phi) is 3.96. The molecule has 3 rings (SSSR count). The molecule has 0 radical (unpaired) electrons. The molecule has 3 aromatic rings. The van der Waals surface area contributed by atoms with Gasteiger partial charge in [0.2, 0.25) is 0 Å². The Morgan fingerprint density at radius 1 is 1.33 bits per heavy atom. The number of thiophene rings is 1. The Labute approximate surface area is 143 Å². The van der Waals surface area contributed by atoms with Gasteiger partial charge in [-0.15, -0.1) is 11.3 Å². The van der Waals surface area contributed by atoms with Crippen molar-refractivity contribution >= 4 is 33.0 Å². The highest BCUT2D eigenvalue weighted by Gasteiger charge is 2.22. The van der Waals surface area contributed by atoms with E-state index in [1.807, 2.05) is 24.3 Å². The molecule has 5 nitrogen and oxygen atoms in total. The number of benzene rings is 1. The molecule has 0 spiro atoms. The van der Waals surface area contributed by atoms with Crippen LogP contribution in [0.5, 0.6) is 5.75 Å². The van der Waals surface area contributed by atoms with Crippen LogP contribution in [0.15, 0.2) is 24.3 Å². The molecule has 0 saturated heterocycles. The minimum absolute atomic E-state index is 0.0863. The van der Waals surface area contributed by atoms with Crippen molar-refractivity contribution in [3.05, 3.63) is 40.4 Å². The quantitative estimate of drug-likeness (QED) is 0.731. The number of hydrogen-bond acceptors (Lipinski definition) is 6. The zero-order valence-electron chi connectivity index (χ0n) is 13.5. The van der Waals surface area contributed by atoms with E-state index in [0.717, 1.165) is 16.9 Å². The van der Waals surface area contributed by atoms with E-state index in [0.29, 0.717) is 32.0 Å². The van der Waals surface area contributed by atoms with Gasteiger partial charge in [0.15, 0.2) is 5.78 Å². The average molecular weight is 337 g/mol. The molecule has 2 heterocycles. The number of anilines is 1. The summed E-state index contributed by atoms with van der Waals surface area (Å²) in [4.78, 5) is 17.8. The van der Waals surface area contributed by atoms with E-state index < -0.39 is 0 Å². The molecule has 0 unspecified atom stereocenters. The van der Waals surface area contributed by atoms with Gasteiger partial charge >= 0.3 is 0 Å². The van der Waals surface area contributed by atoms with Gasteiger partial charge in [-0.05, 0) is 31.5 Å². The molecule has 1 aromatic carbocycles. The van der Waals surface area contributed by atoms with Gasteiger partial charge in [-0.2, -0.15) is 5.26 Å². The van der Waals surface area contributed by atoms with Crippen molar-refractivity contribution in [2.45, 2.75) is 13.8 Å². The molecule has 0 saturated carbocycles. The smallest absolute Gasteiger partial charge is 0.162 e. The first kappa shape index (κ1) is 16.0. The van der Waals surface area contributed by atoms with Gasteiger partial charge in [-0.3, -0.25) is 4.79 Å². The van der Waals surface area contributed by atoms with Crippen molar-refractivity contribution < 1.29 is 9.53 Å². The topological polar surface area (TPSA) is 89.0 Å². The summed E-state index contributed by atoms with van der Waals surface area (Å²) in [7, 11) is 1.60. The van der Waals surface area contributed by atoms with Gasteiger partial charge in [0.25, 0.3) is 0 Å². The van der Waals surface area contributed by atoms with Gasteiger partial charge in [0.1, 0.15) is 21.5 Å². The average Bonchev–Trinajstić information content (AvgIpc) is 2.89. The number of hydrogen-bond donors (Lipinski definition) is 1.